The molecule has 5 N–H and O–H groups in total. The number of nitrogens with one attached hydrogen (secondary N) is 1. The fourth-order valence-corrected chi connectivity index (χ4v) is 2.24. The molecule has 0 aliphatic heterocycles. The van der Waals surface area contributed by atoms with Gasteiger partial charge >= 0.3 is 0 Å². The average Bonchev–Trinajstić information content (AvgIpc) is 2.31. The quantitative estimate of drug-likeness (QED) is 0.535. The Bertz CT molecular complexity index is 284. The lowest BCUT2D eigenvalue weighted by atomic mass is 9.83. The van der Waals surface area contributed by atoms with E-state index in [0.717, 1.165) is 19.3 Å². The molecule has 0 saturated heterocycles. The van der Waals surface area contributed by atoms with Crippen molar-refractivity contribution in [1.29, 1.82) is 0 Å². The highest BCUT2D eigenvalue weighted by Gasteiger charge is 2.23. The molecule has 1 fully saturated rings. The number of carbonyl (C=O) groups excluding carboxylic acids is 2. The third-order valence-electron chi connectivity index (χ3n) is 3.23. The lowest BCUT2D eigenvalue weighted by Crippen LogP contribution is -2.37. The number of nitrogens with two attached hydrogens (primary N) is 2. The zero-order valence-electron chi connectivity index (χ0n) is 10.7. The number of ether oxygens (including phenoxy) is 1. The van der Waals surface area contributed by atoms with Crippen LogP contribution in [-0.4, -0.2) is 37.6 Å². The summed E-state index contributed by atoms with van der Waals surface area (Å²) in [7, 11) is 0. The Kier molecular flexibility index (Phi) is 6.67. The summed E-state index contributed by atoms with van der Waals surface area (Å²) in [6, 6.07) is 0.149. The molecular weight excluding hydrogens is 234 g/mol. The standard InChI is InChI=1S/C12H23N3O3/c13-10-4-2-1-3-9(10)7-12(17)15-5-6-18-8-11(14)16/h9-10H,1-8,13H2,(H2,14,16)(H,15,17). The number of primary amides is 1. The first-order chi connectivity index (χ1) is 8.59. The van der Waals surface area contributed by atoms with Crippen LogP contribution < -0.4 is 16.8 Å². The molecule has 0 radical (unpaired) electrons. The minimum absolute atomic E-state index is 0.0000231. The maximum atomic E-state index is 11.6. The fourth-order valence-electron chi connectivity index (χ4n) is 2.24. The van der Waals surface area contributed by atoms with Crippen LogP contribution in [0.25, 0.3) is 0 Å². The van der Waals surface area contributed by atoms with Gasteiger partial charge in [0.2, 0.25) is 11.8 Å². The van der Waals surface area contributed by atoms with Gasteiger partial charge in [-0.05, 0) is 18.8 Å². The maximum Gasteiger partial charge on any atom is 0.243 e. The van der Waals surface area contributed by atoms with Crippen molar-refractivity contribution in [1.82, 2.24) is 5.32 Å². The van der Waals surface area contributed by atoms with E-state index in [1.165, 1.54) is 6.42 Å². The summed E-state index contributed by atoms with van der Waals surface area (Å²) in [6.07, 6.45) is 4.86. The Morgan fingerprint density at radius 2 is 2.00 bits per heavy atom. The third kappa shape index (κ3) is 5.97. The lowest BCUT2D eigenvalue weighted by Gasteiger charge is -2.27. The number of hydrogen-bond donors (Lipinski definition) is 3. The molecule has 18 heavy (non-hydrogen) atoms. The van der Waals surface area contributed by atoms with Gasteiger partial charge < -0.3 is 21.5 Å². The molecule has 0 bridgehead atoms. The Morgan fingerprint density at radius 3 is 2.67 bits per heavy atom. The second-order valence-corrected chi connectivity index (χ2v) is 4.78. The van der Waals surface area contributed by atoms with Crippen LogP contribution in [0.1, 0.15) is 32.1 Å². The van der Waals surface area contributed by atoms with Crippen LogP contribution in [0.2, 0.25) is 0 Å². The van der Waals surface area contributed by atoms with Crippen LogP contribution in [0.5, 0.6) is 0 Å². The Morgan fingerprint density at radius 1 is 1.28 bits per heavy atom. The highest BCUT2D eigenvalue weighted by atomic mass is 16.5. The SMILES string of the molecule is NC(=O)COCCNC(=O)CC1CCCCC1N. The van der Waals surface area contributed by atoms with E-state index in [-0.39, 0.29) is 18.6 Å². The van der Waals surface area contributed by atoms with Crippen molar-refractivity contribution in [3.05, 3.63) is 0 Å². The second-order valence-electron chi connectivity index (χ2n) is 4.78. The van der Waals surface area contributed by atoms with Gasteiger partial charge in [0.1, 0.15) is 6.61 Å². The number of carbonyl (C=O) groups is 2. The van der Waals surface area contributed by atoms with Gasteiger partial charge in [0.15, 0.2) is 0 Å². The smallest absolute Gasteiger partial charge is 0.243 e. The van der Waals surface area contributed by atoms with Crippen LogP contribution >= 0.6 is 0 Å². The predicted octanol–water partition coefficient (Wildman–Crippen LogP) is -0.488. The molecule has 0 aromatic carbocycles. The maximum absolute atomic E-state index is 11.6. The summed E-state index contributed by atoms with van der Waals surface area (Å²) in [6.45, 7) is 0.586. The highest BCUT2D eigenvalue weighted by molar-refractivity contribution is 5.76. The van der Waals surface area contributed by atoms with E-state index in [1.54, 1.807) is 0 Å². The molecule has 104 valence electrons. The van der Waals surface area contributed by atoms with E-state index in [1.807, 2.05) is 0 Å². The first-order valence-electron chi connectivity index (χ1n) is 6.48. The molecule has 0 aromatic heterocycles. The fraction of sp³-hybridized carbons (Fsp3) is 0.833. The summed E-state index contributed by atoms with van der Waals surface area (Å²) in [5.74, 6) is -0.209. The van der Waals surface area contributed by atoms with Gasteiger partial charge in [-0.3, -0.25) is 9.59 Å². The first-order valence-corrected chi connectivity index (χ1v) is 6.48. The molecule has 1 aliphatic carbocycles. The van der Waals surface area contributed by atoms with Crippen LogP contribution in [0.15, 0.2) is 0 Å². The van der Waals surface area contributed by atoms with E-state index in [0.29, 0.717) is 25.5 Å². The number of rotatable bonds is 7. The third-order valence-corrected chi connectivity index (χ3v) is 3.23. The van der Waals surface area contributed by atoms with Crippen LogP contribution in [0.4, 0.5) is 0 Å². The Balaban J connectivity index is 2.07. The summed E-state index contributed by atoms with van der Waals surface area (Å²) in [4.78, 5) is 22.0. The molecule has 1 rings (SSSR count). The van der Waals surface area contributed by atoms with E-state index in [9.17, 15) is 9.59 Å². The van der Waals surface area contributed by atoms with E-state index < -0.39 is 5.91 Å². The van der Waals surface area contributed by atoms with Crippen molar-refractivity contribution in [3.8, 4) is 0 Å². The van der Waals surface area contributed by atoms with Crippen LogP contribution in [0, 0.1) is 5.92 Å². The van der Waals surface area contributed by atoms with Crippen molar-refractivity contribution >= 4 is 11.8 Å². The summed E-state index contributed by atoms with van der Waals surface area (Å²) in [5.41, 5.74) is 10.9. The first kappa shape index (κ1) is 14.9. The van der Waals surface area contributed by atoms with Crippen molar-refractivity contribution < 1.29 is 14.3 Å². The van der Waals surface area contributed by atoms with Crippen LogP contribution in [-0.2, 0) is 14.3 Å². The van der Waals surface area contributed by atoms with Gasteiger partial charge in [-0.2, -0.15) is 0 Å². The molecule has 0 spiro atoms. The normalized spacial score (nSPS) is 23.6. The topological polar surface area (TPSA) is 107 Å². The van der Waals surface area contributed by atoms with E-state index in [4.69, 9.17) is 16.2 Å². The molecule has 6 heteroatoms. The van der Waals surface area contributed by atoms with Gasteiger partial charge in [-0.25, -0.2) is 0 Å². The predicted molar refractivity (Wildman–Crippen MR) is 67.6 cm³/mol. The molecule has 2 atom stereocenters. The number of amides is 2. The van der Waals surface area contributed by atoms with Crippen molar-refractivity contribution in [2.24, 2.45) is 17.4 Å². The van der Waals surface area contributed by atoms with Crippen molar-refractivity contribution in [2.75, 3.05) is 19.8 Å². The second kappa shape index (κ2) is 8.05. The minimum Gasteiger partial charge on any atom is -0.370 e. The van der Waals surface area contributed by atoms with Gasteiger partial charge in [-0.15, -0.1) is 0 Å². The average molecular weight is 257 g/mol. The largest absolute Gasteiger partial charge is 0.370 e. The van der Waals surface area contributed by atoms with Gasteiger partial charge in [0, 0.05) is 19.0 Å². The Hall–Kier alpha value is -1.14. The molecular formula is C12H23N3O3. The molecule has 6 nitrogen and oxygen atoms in total. The molecule has 2 amide bonds. The Labute approximate surface area is 107 Å². The van der Waals surface area contributed by atoms with Gasteiger partial charge in [0.25, 0.3) is 0 Å². The zero-order chi connectivity index (χ0) is 13.4. The van der Waals surface area contributed by atoms with Gasteiger partial charge in [-0.1, -0.05) is 12.8 Å². The van der Waals surface area contributed by atoms with E-state index in [2.05, 4.69) is 5.32 Å². The van der Waals surface area contributed by atoms with Crippen LogP contribution in [0.3, 0.4) is 0 Å². The lowest BCUT2D eigenvalue weighted by molar-refractivity contribution is -0.123. The van der Waals surface area contributed by atoms with Crippen molar-refractivity contribution in [3.63, 3.8) is 0 Å². The van der Waals surface area contributed by atoms with E-state index >= 15 is 0 Å². The molecule has 0 heterocycles. The summed E-state index contributed by atoms with van der Waals surface area (Å²) in [5, 5.41) is 2.75. The van der Waals surface area contributed by atoms with Gasteiger partial charge in [0.05, 0.1) is 6.61 Å². The molecule has 0 aromatic rings. The minimum atomic E-state index is -0.505. The zero-order valence-corrected chi connectivity index (χ0v) is 10.7. The molecule has 2 unspecified atom stereocenters. The molecule has 1 aliphatic rings. The highest BCUT2D eigenvalue weighted by Crippen LogP contribution is 2.25. The number of hydrogen-bond acceptors (Lipinski definition) is 4. The summed E-state index contributed by atoms with van der Waals surface area (Å²) >= 11 is 0. The molecule has 1 saturated carbocycles. The summed E-state index contributed by atoms with van der Waals surface area (Å²) < 4.78 is 4.94. The monoisotopic (exact) mass is 257 g/mol. The van der Waals surface area contributed by atoms with Crippen molar-refractivity contribution in [2.45, 2.75) is 38.1 Å².